The minimum absolute atomic E-state index is 0.413. The molecule has 3 rings (SSSR count). The summed E-state index contributed by atoms with van der Waals surface area (Å²) in [6.45, 7) is 0. The van der Waals surface area contributed by atoms with Crippen LogP contribution in [0.4, 0.5) is 5.69 Å². The van der Waals surface area contributed by atoms with Crippen LogP contribution in [0.2, 0.25) is 15.1 Å². The maximum absolute atomic E-state index is 6.18. The maximum atomic E-state index is 6.18. The third-order valence-corrected chi connectivity index (χ3v) is 4.58. The first-order valence-electron chi connectivity index (χ1n) is 6.59. The molecule has 0 aromatic heterocycles. The van der Waals surface area contributed by atoms with Crippen molar-refractivity contribution in [3.05, 3.63) is 63.1 Å². The first kappa shape index (κ1) is 14.1. The Morgan fingerprint density at radius 1 is 0.900 bits per heavy atom. The van der Waals surface area contributed by atoms with Gasteiger partial charge in [0.2, 0.25) is 0 Å². The molecule has 1 aliphatic carbocycles. The third-order valence-electron chi connectivity index (χ3n) is 3.76. The molecule has 0 aliphatic heterocycles. The number of benzene rings is 2. The Morgan fingerprint density at radius 3 is 2.10 bits per heavy atom. The maximum Gasteiger partial charge on any atom is 0.0722 e. The Labute approximate surface area is 133 Å². The van der Waals surface area contributed by atoms with Crippen LogP contribution < -0.4 is 5.32 Å². The highest BCUT2D eigenvalue weighted by atomic mass is 35.5. The molecule has 1 nitrogen and oxygen atoms in total. The Hall–Kier alpha value is -0.890. The van der Waals surface area contributed by atoms with E-state index in [1.165, 1.54) is 5.56 Å². The van der Waals surface area contributed by atoms with Crippen molar-refractivity contribution in [2.75, 3.05) is 5.32 Å². The van der Waals surface area contributed by atoms with Crippen molar-refractivity contribution in [3.8, 4) is 0 Å². The Kier molecular flexibility index (Phi) is 4.11. The largest absolute Gasteiger partial charge is 0.380 e. The first-order chi connectivity index (χ1) is 9.63. The average Bonchev–Trinajstić information content (AvgIpc) is 2.36. The second kappa shape index (κ2) is 5.85. The predicted octanol–water partition coefficient (Wildman–Crippen LogP) is 6.00. The zero-order chi connectivity index (χ0) is 14.1. The zero-order valence-electron chi connectivity index (χ0n) is 10.7. The third kappa shape index (κ3) is 2.90. The Bertz CT molecular complexity index is 583. The quantitative estimate of drug-likeness (QED) is 0.729. The lowest BCUT2D eigenvalue weighted by atomic mass is 9.76. The molecule has 20 heavy (non-hydrogen) atoms. The smallest absolute Gasteiger partial charge is 0.0722 e. The van der Waals surface area contributed by atoms with Gasteiger partial charge in [-0.1, -0.05) is 65.1 Å². The van der Waals surface area contributed by atoms with Gasteiger partial charge in [0.05, 0.1) is 15.7 Å². The van der Waals surface area contributed by atoms with E-state index in [1.807, 2.05) is 6.07 Å². The second-order valence-corrected chi connectivity index (χ2v) is 6.42. The molecular formula is C16H14Cl3N. The van der Waals surface area contributed by atoms with Gasteiger partial charge in [0.25, 0.3) is 0 Å². The molecule has 104 valence electrons. The molecule has 0 amide bonds. The minimum Gasteiger partial charge on any atom is -0.380 e. The molecule has 1 aliphatic rings. The van der Waals surface area contributed by atoms with Crippen LogP contribution in [0.5, 0.6) is 0 Å². The van der Waals surface area contributed by atoms with Crippen LogP contribution in [0.1, 0.15) is 24.3 Å². The molecule has 2 aromatic carbocycles. The SMILES string of the molecule is Clc1cc(Cl)c(NC2CC(c3ccccc3)C2)c(Cl)c1. The number of rotatable bonds is 3. The molecule has 1 fully saturated rings. The lowest BCUT2D eigenvalue weighted by Gasteiger charge is -2.37. The molecule has 0 bridgehead atoms. The fourth-order valence-electron chi connectivity index (χ4n) is 2.62. The van der Waals surface area contributed by atoms with Crippen LogP contribution in [0.15, 0.2) is 42.5 Å². The number of hydrogen-bond acceptors (Lipinski definition) is 1. The minimum atomic E-state index is 0.413. The predicted molar refractivity (Wildman–Crippen MR) is 87.3 cm³/mol. The lowest BCUT2D eigenvalue weighted by molar-refractivity contribution is 0.374. The summed E-state index contributed by atoms with van der Waals surface area (Å²) in [6.07, 6.45) is 2.19. The van der Waals surface area contributed by atoms with E-state index in [2.05, 4.69) is 29.6 Å². The van der Waals surface area contributed by atoms with Gasteiger partial charge >= 0.3 is 0 Å². The topological polar surface area (TPSA) is 12.0 Å². The van der Waals surface area contributed by atoms with Gasteiger partial charge in [-0.2, -0.15) is 0 Å². The van der Waals surface area contributed by atoms with E-state index in [4.69, 9.17) is 34.8 Å². The molecule has 0 spiro atoms. The van der Waals surface area contributed by atoms with Crippen molar-refractivity contribution < 1.29 is 0 Å². The molecule has 0 saturated heterocycles. The van der Waals surface area contributed by atoms with Gasteiger partial charge in [0.15, 0.2) is 0 Å². The molecule has 0 unspecified atom stereocenters. The van der Waals surface area contributed by atoms with Crippen molar-refractivity contribution in [2.45, 2.75) is 24.8 Å². The molecule has 1 N–H and O–H groups in total. The number of hydrogen-bond donors (Lipinski definition) is 1. The van der Waals surface area contributed by atoms with Crippen molar-refractivity contribution in [3.63, 3.8) is 0 Å². The number of anilines is 1. The molecule has 0 radical (unpaired) electrons. The summed E-state index contributed by atoms with van der Waals surface area (Å²) in [5, 5.41) is 5.13. The molecule has 0 heterocycles. The highest BCUT2D eigenvalue weighted by Crippen LogP contribution is 2.41. The summed E-state index contributed by atoms with van der Waals surface area (Å²) in [7, 11) is 0. The van der Waals surface area contributed by atoms with Crippen molar-refractivity contribution in [1.82, 2.24) is 0 Å². The summed E-state index contributed by atoms with van der Waals surface area (Å²) < 4.78 is 0. The van der Waals surface area contributed by atoms with Crippen LogP contribution in [0.3, 0.4) is 0 Å². The van der Waals surface area contributed by atoms with Crippen LogP contribution >= 0.6 is 34.8 Å². The van der Waals surface area contributed by atoms with Crippen LogP contribution in [0, 0.1) is 0 Å². The number of halogens is 3. The van der Waals surface area contributed by atoms with Gasteiger partial charge in [-0.3, -0.25) is 0 Å². The summed E-state index contributed by atoms with van der Waals surface area (Å²) in [5.41, 5.74) is 2.19. The molecule has 4 heteroatoms. The Morgan fingerprint density at radius 2 is 1.50 bits per heavy atom. The van der Waals surface area contributed by atoms with E-state index < -0.39 is 0 Å². The van der Waals surface area contributed by atoms with E-state index in [9.17, 15) is 0 Å². The van der Waals surface area contributed by atoms with E-state index in [1.54, 1.807) is 12.1 Å². The second-order valence-electron chi connectivity index (χ2n) is 5.16. The van der Waals surface area contributed by atoms with Gasteiger partial charge in [-0.15, -0.1) is 0 Å². The van der Waals surface area contributed by atoms with Crippen molar-refractivity contribution in [2.24, 2.45) is 0 Å². The van der Waals surface area contributed by atoms with Gasteiger partial charge in [-0.05, 0) is 36.5 Å². The highest BCUT2D eigenvalue weighted by Gasteiger charge is 2.30. The summed E-state index contributed by atoms with van der Waals surface area (Å²) in [6, 6.07) is 14.4. The van der Waals surface area contributed by atoms with Crippen molar-refractivity contribution >= 4 is 40.5 Å². The zero-order valence-corrected chi connectivity index (χ0v) is 13.0. The molecule has 2 aromatic rings. The van der Waals surface area contributed by atoms with Gasteiger partial charge < -0.3 is 5.32 Å². The molecular weight excluding hydrogens is 313 g/mol. The van der Waals surface area contributed by atoms with E-state index in [0.717, 1.165) is 18.5 Å². The van der Waals surface area contributed by atoms with Crippen LogP contribution in [-0.2, 0) is 0 Å². The molecule has 0 atom stereocenters. The number of nitrogens with one attached hydrogen (secondary N) is 1. The highest BCUT2D eigenvalue weighted by molar-refractivity contribution is 6.41. The van der Waals surface area contributed by atoms with Crippen molar-refractivity contribution in [1.29, 1.82) is 0 Å². The van der Waals surface area contributed by atoms with E-state index >= 15 is 0 Å². The van der Waals surface area contributed by atoms with Crippen LogP contribution in [0.25, 0.3) is 0 Å². The van der Waals surface area contributed by atoms with Gasteiger partial charge in [0.1, 0.15) is 0 Å². The average molecular weight is 327 g/mol. The summed E-state index contributed by atoms with van der Waals surface area (Å²) in [5.74, 6) is 0.624. The van der Waals surface area contributed by atoms with E-state index in [0.29, 0.717) is 27.0 Å². The standard InChI is InChI=1S/C16H14Cl3N/c17-12-8-14(18)16(15(19)9-12)20-13-6-11(7-13)10-4-2-1-3-5-10/h1-5,8-9,11,13,20H,6-7H2. The van der Waals surface area contributed by atoms with Crippen LogP contribution in [-0.4, -0.2) is 6.04 Å². The summed E-state index contributed by atoms with van der Waals surface area (Å²) in [4.78, 5) is 0. The molecule has 1 saturated carbocycles. The summed E-state index contributed by atoms with van der Waals surface area (Å²) >= 11 is 18.3. The fraction of sp³-hybridized carbons (Fsp3) is 0.250. The van der Waals surface area contributed by atoms with Gasteiger partial charge in [-0.25, -0.2) is 0 Å². The Balaban J connectivity index is 1.65. The lowest BCUT2D eigenvalue weighted by Crippen LogP contribution is -2.34. The fourth-order valence-corrected chi connectivity index (χ4v) is 3.54. The first-order valence-corrected chi connectivity index (χ1v) is 7.73. The monoisotopic (exact) mass is 325 g/mol. The normalized spacial score (nSPS) is 21.4. The van der Waals surface area contributed by atoms with Gasteiger partial charge in [0, 0.05) is 11.1 Å². The van der Waals surface area contributed by atoms with E-state index in [-0.39, 0.29) is 0 Å².